The van der Waals surface area contributed by atoms with E-state index in [4.69, 9.17) is 14.2 Å². The van der Waals surface area contributed by atoms with Gasteiger partial charge in [0.2, 0.25) is 0 Å². The van der Waals surface area contributed by atoms with Gasteiger partial charge in [-0.1, -0.05) is 23.8 Å². The topological polar surface area (TPSA) is 57.7 Å². The maximum absolute atomic E-state index is 12.6. The van der Waals surface area contributed by atoms with Crippen LogP contribution >= 0.6 is 11.3 Å². The quantitative estimate of drug-likeness (QED) is 0.553. The van der Waals surface area contributed by atoms with Crippen LogP contribution < -0.4 is 9.47 Å². The molecule has 0 saturated carbocycles. The molecule has 0 aliphatic heterocycles. The lowest BCUT2D eigenvalue weighted by atomic mass is 10.1. The maximum atomic E-state index is 12.6. The van der Waals surface area contributed by atoms with Gasteiger partial charge in [0.1, 0.15) is 30.3 Å². The fourth-order valence-electron chi connectivity index (χ4n) is 2.63. The number of carbonyl (C=O) groups excluding carboxylic acids is 1. The average Bonchev–Trinajstić information content (AvgIpc) is 3.10. The van der Waals surface area contributed by atoms with Crippen LogP contribution in [0.4, 0.5) is 0 Å². The van der Waals surface area contributed by atoms with Gasteiger partial charge in [-0.15, -0.1) is 11.3 Å². The minimum absolute atomic E-state index is 0.128. The molecule has 0 radical (unpaired) electrons. The Morgan fingerprint density at radius 3 is 2.63 bits per heavy atom. The van der Waals surface area contributed by atoms with Crippen molar-refractivity contribution in [1.82, 2.24) is 4.98 Å². The summed E-state index contributed by atoms with van der Waals surface area (Å²) in [6.07, 6.45) is 0. The molecule has 1 aromatic heterocycles. The van der Waals surface area contributed by atoms with E-state index in [1.807, 2.05) is 43.5 Å². The van der Waals surface area contributed by atoms with Crippen LogP contribution in [-0.4, -0.2) is 18.1 Å². The van der Waals surface area contributed by atoms with Crippen molar-refractivity contribution in [2.75, 3.05) is 7.11 Å². The summed E-state index contributed by atoms with van der Waals surface area (Å²) in [6, 6.07) is 12.8. The smallest absolute Gasteiger partial charge is 0.342 e. The van der Waals surface area contributed by atoms with E-state index in [1.165, 1.54) is 0 Å². The SMILES string of the molecule is COc1ccc(C)cc1COC(=O)c1ccccc1OCc1csc(C)n1. The first kappa shape index (κ1) is 18.9. The van der Waals surface area contributed by atoms with Gasteiger partial charge in [-0.3, -0.25) is 0 Å². The lowest BCUT2D eigenvalue weighted by Crippen LogP contribution is -2.09. The summed E-state index contributed by atoms with van der Waals surface area (Å²) in [6.45, 7) is 4.36. The molecule has 0 aliphatic carbocycles. The highest BCUT2D eigenvalue weighted by Crippen LogP contribution is 2.24. The molecule has 0 amide bonds. The van der Waals surface area contributed by atoms with E-state index in [2.05, 4.69) is 4.98 Å². The summed E-state index contributed by atoms with van der Waals surface area (Å²) in [7, 11) is 1.60. The van der Waals surface area contributed by atoms with Crippen molar-refractivity contribution >= 4 is 17.3 Å². The van der Waals surface area contributed by atoms with Crippen LogP contribution in [0, 0.1) is 13.8 Å². The van der Waals surface area contributed by atoms with Crippen LogP contribution in [0.15, 0.2) is 47.8 Å². The van der Waals surface area contributed by atoms with E-state index >= 15 is 0 Å². The minimum Gasteiger partial charge on any atom is -0.496 e. The molecular formula is C21H21NO4S. The number of hydrogen-bond donors (Lipinski definition) is 0. The molecule has 3 rings (SSSR count). The second kappa shape index (κ2) is 8.68. The number of benzene rings is 2. The van der Waals surface area contributed by atoms with Gasteiger partial charge < -0.3 is 14.2 Å². The third-order valence-corrected chi connectivity index (χ3v) is 4.77. The lowest BCUT2D eigenvalue weighted by Gasteiger charge is -2.12. The number of aryl methyl sites for hydroxylation is 2. The monoisotopic (exact) mass is 383 g/mol. The number of ether oxygens (including phenoxy) is 3. The third kappa shape index (κ3) is 4.86. The molecule has 3 aromatic rings. The molecule has 6 heteroatoms. The van der Waals surface area contributed by atoms with E-state index in [-0.39, 0.29) is 6.61 Å². The number of para-hydroxylation sites is 1. The predicted molar refractivity (Wildman–Crippen MR) is 104 cm³/mol. The van der Waals surface area contributed by atoms with Crippen molar-refractivity contribution in [3.05, 3.63) is 75.2 Å². The molecular weight excluding hydrogens is 362 g/mol. The Labute approximate surface area is 162 Å². The molecule has 2 aromatic carbocycles. The van der Waals surface area contributed by atoms with Crippen molar-refractivity contribution in [1.29, 1.82) is 0 Å². The number of hydrogen-bond acceptors (Lipinski definition) is 6. The van der Waals surface area contributed by atoms with Crippen LogP contribution in [-0.2, 0) is 18.0 Å². The van der Waals surface area contributed by atoms with E-state index in [0.29, 0.717) is 23.7 Å². The Kier molecular flexibility index (Phi) is 6.08. The number of carbonyl (C=O) groups is 1. The first-order chi connectivity index (χ1) is 13.1. The van der Waals surface area contributed by atoms with Gasteiger partial charge in [0.05, 0.1) is 17.8 Å². The Morgan fingerprint density at radius 1 is 1.07 bits per heavy atom. The van der Waals surface area contributed by atoms with Crippen LogP contribution in [0.5, 0.6) is 11.5 Å². The maximum Gasteiger partial charge on any atom is 0.342 e. The zero-order chi connectivity index (χ0) is 19.2. The highest BCUT2D eigenvalue weighted by molar-refractivity contribution is 7.09. The zero-order valence-corrected chi connectivity index (χ0v) is 16.3. The fraction of sp³-hybridized carbons (Fsp3) is 0.238. The van der Waals surface area contributed by atoms with E-state index in [0.717, 1.165) is 21.8 Å². The van der Waals surface area contributed by atoms with Gasteiger partial charge in [0.25, 0.3) is 0 Å². The largest absolute Gasteiger partial charge is 0.496 e. The van der Waals surface area contributed by atoms with Gasteiger partial charge >= 0.3 is 5.97 Å². The Hall–Kier alpha value is -2.86. The Balaban J connectivity index is 1.69. The second-order valence-electron chi connectivity index (χ2n) is 6.03. The number of thiazole rings is 1. The summed E-state index contributed by atoms with van der Waals surface area (Å²) in [5.74, 6) is 0.727. The summed E-state index contributed by atoms with van der Waals surface area (Å²) in [5, 5.41) is 2.92. The van der Waals surface area contributed by atoms with E-state index < -0.39 is 5.97 Å². The van der Waals surface area contributed by atoms with Gasteiger partial charge in [-0.05, 0) is 38.1 Å². The molecule has 27 heavy (non-hydrogen) atoms. The molecule has 0 unspecified atom stereocenters. The van der Waals surface area contributed by atoms with Gasteiger partial charge in [-0.25, -0.2) is 9.78 Å². The summed E-state index contributed by atoms with van der Waals surface area (Å²) in [4.78, 5) is 16.9. The van der Waals surface area contributed by atoms with Gasteiger partial charge in [-0.2, -0.15) is 0 Å². The summed E-state index contributed by atoms with van der Waals surface area (Å²) >= 11 is 1.57. The molecule has 0 saturated heterocycles. The third-order valence-electron chi connectivity index (χ3n) is 3.94. The molecule has 5 nitrogen and oxygen atoms in total. The normalized spacial score (nSPS) is 10.5. The number of nitrogens with zero attached hydrogens (tertiary/aromatic N) is 1. The van der Waals surface area contributed by atoms with Crippen molar-refractivity contribution < 1.29 is 19.0 Å². The molecule has 0 atom stereocenters. The van der Waals surface area contributed by atoms with Crippen molar-refractivity contribution in [3.8, 4) is 11.5 Å². The highest BCUT2D eigenvalue weighted by Gasteiger charge is 2.15. The fourth-order valence-corrected chi connectivity index (χ4v) is 3.23. The van der Waals surface area contributed by atoms with Crippen molar-refractivity contribution in [2.24, 2.45) is 0 Å². The molecule has 0 bridgehead atoms. The van der Waals surface area contributed by atoms with Crippen LogP contribution in [0.2, 0.25) is 0 Å². The standard InChI is InChI=1S/C21H21NO4S/c1-14-8-9-19(24-3)16(10-14)11-26-21(23)18-6-4-5-7-20(18)25-12-17-13-27-15(2)22-17/h4-10,13H,11-12H2,1-3H3. The summed E-state index contributed by atoms with van der Waals surface area (Å²) < 4.78 is 16.6. The molecule has 140 valence electrons. The number of methoxy groups -OCH3 is 1. The van der Waals surface area contributed by atoms with Crippen LogP contribution in [0.25, 0.3) is 0 Å². The van der Waals surface area contributed by atoms with Crippen molar-refractivity contribution in [3.63, 3.8) is 0 Å². The molecule has 0 spiro atoms. The minimum atomic E-state index is -0.441. The predicted octanol–water partition coefficient (Wildman–Crippen LogP) is 4.70. The van der Waals surface area contributed by atoms with Crippen LogP contribution in [0.1, 0.15) is 32.2 Å². The first-order valence-electron chi connectivity index (χ1n) is 8.50. The van der Waals surface area contributed by atoms with Gasteiger partial charge in [0, 0.05) is 10.9 Å². The molecule has 0 fully saturated rings. The number of aromatic nitrogens is 1. The lowest BCUT2D eigenvalue weighted by molar-refractivity contribution is 0.0465. The number of rotatable bonds is 7. The molecule has 0 N–H and O–H groups in total. The summed E-state index contributed by atoms with van der Waals surface area (Å²) in [5.41, 5.74) is 3.12. The number of esters is 1. The first-order valence-corrected chi connectivity index (χ1v) is 9.38. The Bertz CT molecular complexity index is 935. The van der Waals surface area contributed by atoms with Crippen molar-refractivity contribution in [2.45, 2.75) is 27.1 Å². The van der Waals surface area contributed by atoms with Gasteiger partial charge in [0.15, 0.2) is 0 Å². The van der Waals surface area contributed by atoms with E-state index in [1.54, 1.807) is 36.6 Å². The molecule has 0 aliphatic rings. The van der Waals surface area contributed by atoms with E-state index in [9.17, 15) is 4.79 Å². The zero-order valence-electron chi connectivity index (χ0n) is 15.5. The molecule has 1 heterocycles. The Morgan fingerprint density at radius 2 is 1.89 bits per heavy atom. The highest BCUT2D eigenvalue weighted by atomic mass is 32.1. The second-order valence-corrected chi connectivity index (χ2v) is 7.10. The van der Waals surface area contributed by atoms with Crippen LogP contribution in [0.3, 0.4) is 0 Å². The average molecular weight is 383 g/mol.